The van der Waals surface area contributed by atoms with Crippen molar-refractivity contribution in [2.45, 2.75) is 34.3 Å². The molecule has 0 saturated heterocycles. The maximum Gasteiger partial charge on any atom is 0.251 e. The van der Waals surface area contributed by atoms with Crippen LogP contribution in [0.5, 0.6) is 5.75 Å². The van der Waals surface area contributed by atoms with E-state index in [1.807, 2.05) is 13.8 Å². The number of amides is 1. The zero-order valence-corrected chi connectivity index (χ0v) is 13.5. The van der Waals surface area contributed by atoms with Gasteiger partial charge in [-0.25, -0.2) is 0 Å². The summed E-state index contributed by atoms with van der Waals surface area (Å²) >= 11 is 0. The minimum atomic E-state index is -0.0639. The standard InChI is InChI=1S/C17H22N2O3/c1-11(2)9-18-17(20)14-5-7-15(8-6-14)21-10-16-12(3)19-22-13(16)4/h5-8,11H,9-10H2,1-4H3,(H,18,20). The molecular formula is C17H22N2O3. The van der Waals surface area contributed by atoms with Gasteiger partial charge in [0.15, 0.2) is 0 Å². The third kappa shape index (κ3) is 4.10. The highest BCUT2D eigenvalue weighted by Crippen LogP contribution is 2.18. The summed E-state index contributed by atoms with van der Waals surface area (Å²) in [6, 6.07) is 7.11. The lowest BCUT2D eigenvalue weighted by molar-refractivity contribution is 0.0949. The molecule has 1 N–H and O–H groups in total. The Morgan fingerprint density at radius 2 is 1.95 bits per heavy atom. The number of aryl methyl sites for hydroxylation is 2. The van der Waals surface area contributed by atoms with Crippen molar-refractivity contribution in [3.8, 4) is 5.75 Å². The number of aromatic nitrogens is 1. The van der Waals surface area contributed by atoms with Gasteiger partial charge in [0.1, 0.15) is 18.1 Å². The SMILES string of the molecule is Cc1noc(C)c1COc1ccc(C(=O)NCC(C)C)cc1. The summed E-state index contributed by atoms with van der Waals surface area (Å²) in [5.41, 5.74) is 2.42. The Balaban J connectivity index is 1.93. The molecule has 0 unspecified atom stereocenters. The Labute approximate surface area is 130 Å². The Bertz CT molecular complexity index is 610. The summed E-state index contributed by atoms with van der Waals surface area (Å²) in [5.74, 6) is 1.84. The molecular weight excluding hydrogens is 280 g/mol. The zero-order chi connectivity index (χ0) is 16.1. The molecule has 0 aliphatic heterocycles. The van der Waals surface area contributed by atoms with Crippen LogP contribution in [0.4, 0.5) is 0 Å². The van der Waals surface area contributed by atoms with Gasteiger partial charge in [0.05, 0.1) is 11.3 Å². The first-order valence-corrected chi connectivity index (χ1v) is 7.40. The van der Waals surface area contributed by atoms with Crippen molar-refractivity contribution in [3.05, 3.63) is 46.8 Å². The summed E-state index contributed by atoms with van der Waals surface area (Å²) in [5, 5.41) is 6.78. The summed E-state index contributed by atoms with van der Waals surface area (Å²) in [7, 11) is 0. The average Bonchev–Trinajstić information content (AvgIpc) is 2.82. The second-order valence-electron chi connectivity index (χ2n) is 5.72. The van der Waals surface area contributed by atoms with Crippen LogP contribution in [0.25, 0.3) is 0 Å². The van der Waals surface area contributed by atoms with Gasteiger partial charge in [-0.15, -0.1) is 0 Å². The van der Waals surface area contributed by atoms with Gasteiger partial charge in [-0.3, -0.25) is 4.79 Å². The summed E-state index contributed by atoms with van der Waals surface area (Å²) in [6.45, 7) is 8.94. The van der Waals surface area contributed by atoms with Crippen LogP contribution in [0.1, 0.15) is 41.2 Å². The number of carbonyl (C=O) groups excluding carboxylic acids is 1. The summed E-state index contributed by atoms with van der Waals surface area (Å²) in [4.78, 5) is 11.9. The first-order valence-electron chi connectivity index (χ1n) is 7.40. The molecule has 0 aliphatic rings. The van der Waals surface area contributed by atoms with Crippen LogP contribution in [0.2, 0.25) is 0 Å². The third-order valence-corrected chi connectivity index (χ3v) is 3.35. The summed E-state index contributed by atoms with van der Waals surface area (Å²) < 4.78 is 10.8. The van der Waals surface area contributed by atoms with Crippen molar-refractivity contribution < 1.29 is 14.1 Å². The second-order valence-corrected chi connectivity index (χ2v) is 5.72. The van der Waals surface area contributed by atoms with E-state index in [-0.39, 0.29) is 5.91 Å². The molecule has 1 aromatic heterocycles. The molecule has 0 aliphatic carbocycles. The van der Waals surface area contributed by atoms with Crippen LogP contribution >= 0.6 is 0 Å². The predicted octanol–water partition coefficient (Wildman–Crippen LogP) is 3.26. The van der Waals surface area contributed by atoms with Crippen molar-refractivity contribution in [2.24, 2.45) is 5.92 Å². The highest BCUT2D eigenvalue weighted by Gasteiger charge is 2.10. The normalized spacial score (nSPS) is 10.8. The molecule has 0 bridgehead atoms. The Kier molecular flexibility index (Phi) is 5.20. The van der Waals surface area contributed by atoms with Gasteiger partial charge in [0, 0.05) is 12.1 Å². The fourth-order valence-corrected chi connectivity index (χ4v) is 1.96. The Morgan fingerprint density at radius 3 is 2.50 bits per heavy atom. The first-order chi connectivity index (χ1) is 10.5. The molecule has 118 valence electrons. The van der Waals surface area contributed by atoms with Crippen molar-refractivity contribution in [1.82, 2.24) is 10.5 Å². The van der Waals surface area contributed by atoms with Gasteiger partial charge in [0.25, 0.3) is 5.91 Å². The average molecular weight is 302 g/mol. The molecule has 1 aromatic carbocycles. The van der Waals surface area contributed by atoms with E-state index in [0.717, 1.165) is 17.0 Å². The number of hydrogen-bond donors (Lipinski definition) is 1. The minimum absolute atomic E-state index is 0.0639. The van der Waals surface area contributed by atoms with Crippen LogP contribution in [-0.2, 0) is 6.61 Å². The molecule has 1 heterocycles. The van der Waals surface area contributed by atoms with Crippen molar-refractivity contribution in [1.29, 1.82) is 0 Å². The highest BCUT2D eigenvalue weighted by molar-refractivity contribution is 5.94. The molecule has 2 aromatic rings. The summed E-state index contributed by atoms with van der Waals surface area (Å²) in [6.07, 6.45) is 0. The van der Waals surface area contributed by atoms with Crippen LogP contribution < -0.4 is 10.1 Å². The molecule has 1 amide bonds. The Morgan fingerprint density at radius 1 is 1.27 bits per heavy atom. The number of hydrogen-bond acceptors (Lipinski definition) is 4. The Hall–Kier alpha value is -2.30. The van der Waals surface area contributed by atoms with Gasteiger partial charge >= 0.3 is 0 Å². The molecule has 5 heteroatoms. The molecule has 0 radical (unpaired) electrons. The first kappa shape index (κ1) is 16.1. The number of nitrogens with zero attached hydrogens (tertiary/aromatic N) is 1. The molecule has 2 rings (SSSR count). The van der Waals surface area contributed by atoms with E-state index in [9.17, 15) is 4.79 Å². The van der Waals surface area contributed by atoms with E-state index in [1.54, 1.807) is 24.3 Å². The van der Waals surface area contributed by atoms with E-state index in [2.05, 4.69) is 24.3 Å². The van der Waals surface area contributed by atoms with E-state index >= 15 is 0 Å². The van der Waals surface area contributed by atoms with Gasteiger partial charge in [-0.05, 0) is 44.0 Å². The lowest BCUT2D eigenvalue weighted by atomic mass is 10.2. The zero-order valence-electron chi connectivity index (χ0n) is 13.5. The topological polar surface area (TPSA) is 64.4 Å². The van der Waals surface area contributed by atoms with Crippen LogP contribution in [0.3, 0.4) is 0 Å². The lowest BCUT2D eigenvalue weighted by Gasteiger charge is -2.09. The van der Waals surface area contributed by atoms with E-state index in [0.29, 0.717) is 30.4 Å². The third-order valence-electron chi connectivity index (χ3n) is 3.35. The van der Waals surface area contributed by atoms with E-state index in [1.165, 1.54) is 0 Å². The molecule has 0 spiro atoms. The van der Waals surface area contributed by atoms with Crippen LogP contribution in [-0.4, -0.2) is 17.6 Å². The van der Waals surface area contributed by atoms with E-state index < -0.39 is 0 Å². The van der Waals surface area contributed by atoms with Gasteiger partial charge in [-0.2, -0.15) is 0 Å². The van der Waals surface area contributed by atoms with Crippen LogP contribution in [0.15, 0.2) is 28.8 Å². The second kappa shape index (κ2) is 7.11. The van der Waals surface area contributed by atoms with Crippen molar-refractivity contribution in [2.75, 3.05) is 6.54 Å². The highest BCUT2D eigenvalue weighted by atomic mass is 16.5. The number of carbonyl (C=O) groups is 1. The number of nitrogens with one attached hydrogen (secondary N) is 1. The van der Waals surface area contributed by atoms with E-state index in [4.69, 9.17) is 9.26 Å². The maximum absolute atomic E-state index is 11.9. The fourth-order valence-electron chi connectivity index (χ4n) is 1.96. The smallest absolute Gasteiger partial charge is 0.251 e. The fraction of sp³-hybridized carbons (Fsp3) is 0.412. The molecule has 5 nitrogen and oxygen atoms in total. The number of rotatable bonds is 6. The van der Waals surface area contributed by atoms with Gasteiger partial charge < -0.3 is 14.6 Å². The maximum atomic E-state index is 11.9. The molecule has 0 saturated carbocycles. The molecule has 0 fully saturated rings. The van der Waals surface area contributed by atoms with Crippen molar-refractivity contribution >= 4 is 5.91 Å². The van der Waals surface area contributed by atoms with Gasteiger partial charge in [-0.1, -0.05) is 19.0 Å². The monoisotopic (exact) mass is 302 g/mol. The van der Waals surface area contributed by atoms with Crippen molar-refractivity contribution in [3.63, 3.8) is 0 Å². The molecule has 0 atom stereocenters. The molecule has 22 heavy (non-hydrogen) atoms. The number of benzene rings is 1. The van der Waals surface area contributed by atoms with Gasteiger partial charge in [0.2, 0.25) is 0 Å². The minimum Gasteiger partial charge on any atom is -0.489 e. The largest absolute Gasteiger partial charge is 0.489 e. The number of ether oxygens (including phenoxy) is 1. The lowest BCUT2D eigenvalue weighted by Crippen LogP contribution is -2.27. The predicted molar refractivity (Wildman–Crippen MR) is 83.9 cm³/mol. The van der Waals surface area contributed by atoms with Crippen LogP contribution in [0, 0.1) is 19.8 Å². The quantitative estimate of drug-likeness (QED) is 0.889.